The van der Waals surface area contributed by atoms with Crippen molar-refractivity contribution in [2.45, 2.75) is 19.9 Å². The highest BCUT2D eigenvalue weighted by atomic mass is 79.9. The molecular weight excluding hydrogens is 544 g/mol. The second-order valence-corrected chi connectivity index (χ2v) is 9.65. The summed E-state index contributed by atoms with van der Waals surface area (Å²) >= 11 is 9.41. The average Bonchev–Trinajstić information content (AvgIpc) is 3.36. The molecule has 1 unspecified atom stereocenters. The van der Waals surface area contributed by atoms with E-state index in [1.807, 2.05) is 17.5 Å². The number of thiazole rings is 1. The Labute approximate surface area is 190 Å². The predicted octanol–water partition coefficient (Wildman–Crippen LogP) is 3.98. The lowest BCUT2D eigenvalue weighted by Gasteiger charge is -2.23. The lowest BCUT2D eigenvalue weighted by atomic mass is 10.0. The Hall–Kier alpha value is -1.75. The molecule has 4 rings (SSSR count). The van der Waals surface area contributed by atoms with Crippen molar-refractivity contribution in [2.75, 3.05) is 6.61 Å². The van der Waals surface area contributed by atoms with Crippen LogP contribution in [0.3, 0.4) is 0 Å². The maximum Gasteiger partial charge on any atom is 0.338 e. The van der Waals surface area contributed by atoms with Gasteiger partial charge in [-0.15, -0.1) is 11.3 Å². The fraction of sp³-hybridized carbons (Fsp3) is 0.211. The van der Waals surface area contributed by atoms with E-state index in [4.69, 9.17) is 9.15 Å². The zero-order valence-corrected chi connectivity index (χ0v) is 20.1. The Morgan fingerprint density at radius 2 is 2.24 bits per heavy atom. The van der Waals surface area contributed by atoms with E-state index in [1.165, 1.54) is 22.7 Å². The quantitative estimate of drug-likeness (QED) is 0.455. The van der Waals surface area contributed by atoms with Crippen LogP contribution >= 0.6 is 54.5 Å². The van der Waals surface area contributed by atoms with Crippen molar-refractivity contribution in [1.82, 2.24) is 4.57 Å². The molecule has 29 heavy (non-hydrogen) atoms. The maximum atomic E-state index is 13.3. The second-order valence-electron chi connectivity index (χ2n) is 6.09. The van der Waals surface area contributed by atoms with Gasteiger partial charge in [0.15, 0.2) is 9.47 Å². The van der Waals surface area contributed by atoms with E-state index in [0.29, 0.717) is 31.0 Å². The third-order valence-corrected chi connectivity index (χ3v) is 7.89. The number of thiophene rings is 1. The van der Waals surface area contributed by atoms with Crippen LogP contribution in [0.5, 0.6) is 0 Å². The molecule has 0 fully saturated rings. The molecule has 3 aromatic heterocycles. The number of aromatic nitrogens is 1. The fourth-order valence-corrected chi connectivity index (χ4v) is 5.53. The van der Waals surface area contributed by atoms with E-state index < -0.39 is 12.0 Å². The van der Waals surface area contributed by atoms with Gasteiger partial charge in [-0.05, 0) is 63.2 Å². The zero-order valence-electron chi connectivity index (χ0n) is 15.3. The standard InChI is InChI=1S/C19H14Br2N2O4S2/c1-3-26-18(25)14-9(2)22-19-23(15(14)12-5-4-6-28-12)17(24)13(29-19)8-10-7-11(20)16(21)27-10/h4-8,15H,3H2,1-2H3. The van der Waals surface area contributed by atoms with Crippen molar-refractivity contribution in [3.8, 4) is 0 Å². The molecule has 1 atom stereocenters. The van der Waals surface area contributed by atoms with Crippen LogP contribution in [0.25, 0.3) is 6.08 Å². The summed E-state index contributed by atoms with van der Waals surface area (Å²) in [7, 11) is 0. The average molecular weight is 558 g/mol. The largest absolute Gasteiger partial charge is 0.463 e. The third-order valence-electron chi connectivity index (χ3n) is 4.27. The van der Waals surface area contributed by atoms with Crippen LogP contribution in [-0.2, 0) is 9.53 Å². The van der Waals surface area contributed by atoms with E-state index >= 15 is 0 Å². The highest BCUT2D eigenvalue weighted by Crippen LogP contribution is 2.33. The van der Waals surface area contributed by atoms with Gasteiger partial charge in [0.05, 0.1) is 26.9 Å². The molecule has 3 aromatic rings. The molecular formula is C19H14Br2N2O4S2. The molecule has 0 aromatic carbocycles. The van der Waals surface area contributed by atoms with Crippen LogP contribution in [0.1, 0.15) is 30.5 Å². The fourth-order valence-electron chi connectivity index (χ4n) is 3.07. The van der Waals surface area contributed by atoms with Crippen LogP contribution in [-0.4, -0.2) is 17.1 Å². The number of esters is 1. The second kappa shape index (κ2) is 8.17. The number of halogens is 2. The molecule has 1 aliphatic rings. The molecule has 0 radical (unpaired) electrons. The summed E-state index contributed by atoms with van der Waals surface area (Å²) < 4.78 is 14.2. The smallest absolute Gasteiger partial charge is 0.338 e. The van der Waals surface area contributed by atoms with Gasteiger partial charge >= 0.3 is 5.97 Å². The number of carbonyl (C=O) groups excluding carboxylic acids is 1. The van der Waals surface area contributed by atoms with Gasteiger partial charge in [-0.3, -0.25) is 9.36 Å². The first-order chi connectivity index (χ1) is 13.9. The maximum absolute atomic E-state index is 13.3. The summed E-state index contributed by atoms with van der Waals surface area (Å²) in [5.74, 6) is 0.0725. The Morgan fingerprint density at radius 1 is 1.45 bits per heavy atom. The molecule has 4 heterocycles. The van der Waals surface area contributed by atoms with Crippen molar-refractivity contribution in [3.05, 3.63) is 74.3 Å². The number of rotatable bonds is 4. The molecule has 10 heteroatoms. The SMILES string of the molecule is CCOC(=O)C1=C(C)N=c2sc(=Cc3cc(Br)c(Br)o3)c(=O)n2C1c1cccs1. The summed E-state index contributed by atoms with van der Waals surface area (Å²) in [6, 6.07) is 5.01. The zero-order chi connectivity index (χ0) is 20.7. The molecule has 0 saturated heterocycles. The summed E-state index contributed by atoms with van der Waals surface area (Å²) in [5, 5.41) is 1.92. The Kier molecular flexibility index (Phi) is 5.78. The van der Waals surface area contributed by atoms with Crippen LogP contribution in [0.4, 0.5) is 0 Å². The van der Waals surface area contributed by atoms with Gasteiger partial charge in [0.2, 0.25) is 0 Å². The number of allylic oxidation sites excluding steroid dienone is 1. The summed E-state index contributed by atoms with van der Waals surface area (Å²) in [6.45, 7) is 3.77. The van der Waals surface area contributed by atoms with Crippen molar-refractivity contribution in [1.29, 1.82) is 0 Å². The van der Waals surface area contributed by atoms with Crippen LogP contribution in [0.2, 0.25) is 0 Å². The molecule has 0 bridgehead atoms. The Balaban J connectivity index is 1.94. The molecule has 0 spiro atoms. The van der Waals surface area contributed by atoms with Gasteiger partial charge < -0.3 is 9.15 Å². The lowest BCUT2D eigenvalue weighted by Crippen LogP contribution is -2.39. The van der Waals surface area contributed by atoms with Crippen LogP contribution < -0.4 is 14.9 Å². The monoisotopic (exact) mass is 556 g/mol. The highest BCUT2D eigenvalue weighted by Gasteiger charge is 2.33. The number of hydrogen-bond donors (Lipinski definition) is 0. The van der Waals surface area contributed by atoms with Gasteiger partial charge in [-0.1, -0.05) is 17.4 Å². The topological polar surface area (TPSA) is 73.8 Å². The van der Waals surface area contributed by atoms with Crippen molar-refractivity contribution in [3.63, 3.8) is 0 Å². The number of nitrogens with zero attached hydrogens (tertiary/aromatic N) is 2. The molecule has 0 N–H and O–H groups in total. The number of hydrogen-bond acceptors (Lipinski definition) is 7. The molecule has 0 aliphatic carbocycles. The minimum Gasteiger partial charge on any atom is -0.463 e. The predicted molar refractivity (Wildman–Crippen MR) is 119 cm³/mol. The third kappa shape index (κ3) is 3.74. The van der Waals surface area contributed by atoms with Gasteiger partial charge in [-0.2, -0.15) is 0 Å². The van der Waals surface area contributed by atoms with Crippen molar-refractivity contribution in [2.24, 2.45) is 4.99 Å². The van der Waals surface area contributed by atoms with E-state index in [0.717, 1.165) is 9.35 Å². The minimum absolute atomic E-state index is 0.231. The van der Waals surface area contributed by atoms with Gasteiger partial charge in [0.25, 0.3) is 5.56 Å². The van der Waals surface area contributed by atoms with Gasteiger partial charge in [-0.25, -0.2) is 9.79 Å². The molecule has 1 aliphatic heterocycles. The number of furan rings is 1. The number of ether oxygens (including phenoxy) is 1. The van der Waals surface area contributed by atoms with Crippen molar-refractivity contribution >= 4 is 66.6 Å². The number of carbonyl (C=O) groups is 1. The number of fused-ring (bicyclic) bond motifs is 1. The highest BCUT2D eigenvalue weighted by molar-refractivity contribution is 9.13. The molecule has 6 nitrogen and oxygen atoms in total. The minimum atomic E-state index is -0.567. The Morgan fingerprint density at radius 3 is 2.86 bits per heavy atom. The van der Waals surface area contributed by atoms with Gasteiger partial charge in [0.1, 0.15) is 11.8 Å². The normalized spacial score (nSPS) is 16.7. The first kappa shape index (κ1) is 20.5. The molecule has 0 saturated carbocycles. The first-order valence-electron chi connectivity index (χ1n) is 8.58. The van der Waals surface area contributed by atoms with Crippen LogP contribution in [0.15, 0.2) is 58.2 Å². The summed E-state index contributed by atoms with van der Waals surface area (Å²) in [6.07, 6.45) is 1.67. The Bertz CT molecular complexity index is 1280. The van der Waals surface area contributed by atoms with E-state index in [1.54, 1.807) is 30.6 Å². The first-order valence-corrected chi connectivity index (χ1v) is 11.9. The van der Waals surface area contributed by atoms with Gasteiger partial charge in [0, 0.05) is 11.0 Å². The van der Waals surface area contributed by atoms with E-state index in [9.17, 15) is 9.59 Å². The summed E-state index contributed by atoms with van der Waals surface area (Å²) in [5.41, 5.74) is 0.708. The summed E-state index contributed by atoms with van der Waals surface area (Å²) in [4.78, 5) is 31.9. The van der Waals surface area contributed by atoms with Crippen molar-refractivity contribution < 1.29 is 13.9 Å². The van der Waals surface area contributed by atoms with E-state index in [-0.39, 0.29) is 12.2 Å². The van der Waals surface area contributed by atoms with E-state index in [2.05, 4.69) is 36.9 Å². The van der Waals surface area contributed by atoms with Crippen LogP contribution in [0, 0.1) is 0 Å². The lowest BCUT2D eigenvalue weighted by molar-refractivity contribution is -0.139. The molecule has 150 valence electrons. The molecule has 0 amide bonds.